The van der Waals surface area contributed by atoms with Gasteiger partial charge in [-0.3, -0.25) is 4.68 Å². The summed E-state index contributed by atoms with van der Waals surface area (Å²) >= 11 is 3.51. The van der Waals surface area contributed by atoms with Crippen molar-refractivity contribution in [1.82, 2.24) is 15.1 Å². The van der Waals surface area contributed by atoms with Crippen molar-refractivity contribution in [2.45, 2.75) is 45.6 Å². The van der Waals surface area contributed by atoms with Gasteiger partial charge in [-0.05, 0) is 62.4 Å². The Labute approximate surface area is 196 Å². The van der Waals surface area contributed by atoms with Gasteiger partial charge in [0.2, 0.25) is 0 Å². The second kappa shape index (κ2) is 11.9. The maximum atomic E-state index is 15.0. The predicted molar refractivity (Wildman–Crippen MR) is 127 cm³/mol. The SMILES string of the molecule is CCCn1nc(-c2ccc(OCCCCCCOC(=O)NC)cc2F)c2ccc(Br)cc21. The number of nitrogens with one attached hydrogen (secondary N) is 1. The summed E-state index contributed by atoms with van der Waals surface area (Å²) in [4.78, 5) is 11.0. The van der Waals surface area contributed by atoms with Gasteiger partial charge in [0.05, 0.1) is 18.7 Å². The molecule has 0 radical (unpaired) electrons. The first kappa shape index (κ1) is 24.0. The zero-order valence-corrected chi connectivity index (χ0v) is 20.1. The van der Waals surface area contributed by atoms with E-state index in [-0.39, 0.29) is 5.82 Å². The number of carbonyl (C=O) groups is 1. The zero-order valence-electron chi connectivity index (χ0n) is 18.5. The van der Waals surface area contributed by atoms with Crippen molar-refractivity contribution in [1.29, 1.82) is 0 Å². The van der Waals surface area contributed by atoms with Crippen LogP contribution in [0, 0.1) is 5.82 Å². The Kier molecular flexibility index (Phi) is 8.90. The molecule has 8 heteroatoms. The van der Waals surface area contributed by atoms with Crippen LogP contribution in [0.15, 0.2) is 40.9 Å². The minimum atomic E-state index is -0.406. The van der Waals surface area contributed by atoms with E-state index in [4.69, 9.17) is 9.47 Å². The molecule has 1 heterocycles. The molecule has 0 fully saturated rings. The van der Waals surface area contributed by atoms with E-state index in [0.29, 0.717) is 30.2 Å². The van der Waals surface area contributed by atoms with E-state index in [2.05, 4.69) is 33.3 Å². The molecule has 6 nitrogen and oxygen atoms in total. The molecule has 0 bridgehead atoms. The number of unbranched alkanes of at least 4 members (excludes halogenated alkanes) is 3. The van der Waals surface area contributed by atoms with Gasteiger partial charge in [0.1, 0.15) is 17.3 Å². The lowest BCUT2D eigenvalue weighted by atomic mass is 10.1. The van der Waals surface area contributed by atoms with Crippen LogP contribution in [0.1, 0.15) is 39.0 Å². The topological polar surface area (TPSA) is 65.4 Å². The molecule has 3 rings (SSSR count). The summed E-state index contributed by atoms with van der Waals surface area (Å²) in [7, 11) is 1.54. The smallest absolute Gasteiger partial charge is 0.406 e. The van der Waals surface area contributed by atoms with Crippen LogP contribution < -0.4 is 10.1 Å². The molecule has 0 atom stereocenters. The van der Waals surface area contributed by atoms with Crippen LogP contribution in [-0.4, -0.2) is 36.1 Å². The molecule has 32 heavy (non-hydrogen) atoms. The number of aromatic nitrogens is 2. The molecule has 1 aromatic heterocycles. The number of hydrogen-bond donors (Lipinski definition) is 1. The maximum Gasteiger partial charge on any atom is 0.406 e. The van der Waals surface area contributed by atoms with Crippen molar-refractivity contribution < 1.29 is 18.7 Å². The van der Waals surface area contributed by atoms with Crippen LogP contribution in [0.5, 0.6) is 5.75 Å². The largest absolute Gasteiger partial charge is 0.493 e. The zero-order chi connectivity index (χ0) is 22.9. The van der Waals surface area contributed by atoms with Crippen molar-refractivity contribution in [3.63, 3.8) is 0 Å². The van der Waals surface area contributed by atoms with E-state index in [1.165, 1.54) is 13.1 Å². The highest BCUT2D eigenvalue weighted by Crippen LogP contribution is 2.33. The molecular weight excluding hydrogens is 477 g/mol. The van der Waals surface area contributed by atoms with Crippen molar-refractivity contribution in [3.05, 3.63) is 46.7 Å². The van der Waals surface area contributed by atoms with Gasteiger partial charge in [-0.15, -0.1) is 0 Å². The van der Waals surface area contributed by atoms with E-state index < -0.39 is 6.09 Å². The summed E-state index contributed by atoms with van der Waals surface area (Å²) in [5.41, 5.74) is 2.09. The highest BCUT2D eigenvalue weighted by atomic mass is 79.9. The molecule has 0 unspecified atom stereocenters. The molecule has 0 saturated heterocycles. The second-order valence-corrected chi connectivity index (χ2v) is 8.44. The quantitative estimate of drug-likeness (QED) is 0.310. The van der Waals surface area contributed by atoms with Gasteiger partial charge in [-0.1, -0.05) is 22.9 Å². The summed E-state index contributed by atoms with van der Waals surface area (Å²) in [6.07, 6.45) is 4.09. The van der Waals surface area contributed by atoms with Crippen LogP contribution >= 0.6 is 15.9 Å². The third-order valence-corrected chi connectivity index (χ3v) is 5.58. The number of fused-ring (bicyclic) bond motifs is 1. The fourth-order valence-corrected chi connectivity index (χ4v) is 3.84. The van der Waals surface area contributed by atoms with E-state index in [1.807, 2.05) is 22.9 Å². The third kappa shape index (κ3) is 6.22. The highest BCUT2D eigenvalue weighted by Gasteiger charge is 2.16. The van der Waals surface area contributed by atoms with Gasteiger partial charge in [0.15, 0.2) is 0 Å². The lowest BCUT2D eigenvalue weighted by Crippen LogP contribution is -2.19. The van der Waals surface area contributed by atoms with Gasteiger partial charge in [-0.2, -0.15) is 5.10 Å². The van der Waals surface area contributed by atoms with Gasteiger partial charge in [0.25, 0.3) is 0 Å². The average Bonchev–Trinajstić information content (AvgIpc) is 3.13. The number of halogens is 2. The molecule has 0 saturated carbocycles. The van der Waals surface area contributed by atoms with Crippen LogP contribution in [0.25, 0.3) is 22.2 Å². The van der Waals surface area contributed by atoms with Crippen LogP contribution in [-0.2, 0) is 11.3 Å². The molecule has 3 aromatic rings. The normalized spacial score (nSPS) is 11.0. The first-order valence-electron chi connectivity index (χ1n) is 11.0. The van der Waals surface area contributed by atoms with E-state index in [9.17, 15) is 9.18 Å². The van der Waals surface area contributed by atoms with Crippen molar-refractivity contribution in [3.8, 4) is 17.0 Å². The molecule has 0 aliphatic carbocycles. The summed E-state index contributed by atoms with van der Waals surface area (Å²) < 4.78 is 28.5. The fourth-order valence-electron chi connectivity index (χ4n) is 3.49. The number of ether oxygens (including phenoxy) is 2. The Hall–Kier alpha value is -2.61. The Morgan fingerprint density at radius 3 is 2.62 bits per heavy atom. The van der Waals surface area contributed by atoms with Crippen LogP contribution in [0.4, 0.5) is 9.18 Å². The van der Waals surface area contributed by atoms with E-state index >= 15 is 0 Å². The lowest BCUT2D eigenvalue weighted by Gasteiger charge is -2.08. The molecule has 1 N–H and O–H groups in total. The Morgan fingerprint density at radius 2 is 1.91 bits per heavy atom. The number of rotatable bonds is 11. The van der Waals surface area contributed by atoms with Gasteiger partial charge < -0.3 is 14.8 Å². The summed E-state index contributed by atoms with van der Waals surface area (Å²) in [5, 5.41) is 8.03. The summed E-state index contributed by atoms with van der Waals surface area (Å²) in [6, 6.07) is 10.9. The van der Waals surface area contributed by atoms with Crippen LogP contribution in [0.3, 0.4) is 0 Å². The number of carbonyl (C=O) groups excluding carboxylic acids is 1. The van der Waals surface area contributed by atoms with Gasteiger partial charge >= 0.3 is 6.09 Å². The lowest BCUT2D eigenvalue weighted by molar-refractivity contribution is 0.146. The third-order valence-electron chi connectivity index (χ3n) is 5.09. The van der Waals surface area contributed by atoms with E-state index in [0.717, 1.165) is 54.0 Å². The number of nitrogens with zero attached hydrogens (tertiary/aromatic N) is 2. The number of alkyl carbamates (subject to hydrolysis) is 1. The first-order chi connectivity index (χ1) is 15.5. The molecule has 0 aliphatic rings. The maximum absolute atomic E-state index is 15.0. The minimum Gasteiger partial charge on any atom is -0.493 e. The van der Waals surface area contributed by atoms with Crippen molar-refractivity contribution in [2.75, 3.05) is 20.3 Å². The summed E-state index contributed by atoms with van der Waals surface area (Å²) in [6.45, 7) is 3.79. The van der Waals surface area contributed by atoms with Crippen LogP contribution in [0.2, 0.25) is 0 Å². The fraction of sp³-hybridized carbons (Fsp3) is 0.417. The molecule has 1 amide bonds. The Balaban J connectivity index is 1.57. The monoisotopic (exact) mass is 505 g/mol. The molecule has 2 aromatic carbocycles. The molecular formula is C24H29BrFN3O3. The van der Waals surface area contributed by atoms with Gasteiger partial charge in [-0.25, -0.2) is 9.18 Å². The Morgan fingerprint density at radius 1 is 1.12 bits per heavy atom. The van der Waals surface area contributed by atoms with Crippen molar-refractivity contribution >= 4 is 32.9 Å². The average molecular weight is 506 g/mol. The number of amides is 1. The number of hydrogen-bond acceptors (Lipinski definition) is 4. The summed E-state index contributed by atoms with van der Waals surface area (Å²) in [5.74, 6) is 0.161. The van der Waals surface area contributed by atoms with Gasteiger partial charge in [0, 0.05) is 35.1 Å². The Bertz CT molecular complexity index is 1050. The molecule has 0 spiro atoms. The molecule has 0 aliphatic heterocycles. The number of benzene rings is 2. The second-order valence-electron chi connectivity index (χ2n) is 7.52. The van der Waals surface area contributed by atoms with Crippen molar-refractivity contribution in [2.24, 2.45) is 0 Å². The number of aryl methyl sites for hydroxylation is 1. The minimum absolute atomic E-state index is 0.347. The standard InChI is InChI=1S/C24H29BrFN3O3/c1-3-12-29-22-15-17(25)8-10-20(22)23(28-29)19-11-9-18(16-21(19)26)31-13-6-4-5-7-14-32-24(30)27-2/h8-11,15-16H,3-7,12-14H2,1-2H3,(H,27,30). The highest BCUT2D eigenvalue weighted by molar-refractivity contribution is 9.10. The predicted octanol–water partition coefficient (Wildman–Crippen LogP) is 6.31. The van der Waals surface area contributed by atoms with E-state index in [1.54, 1.807) is 12.1 Å². The molecule has 172 valence electrons. The first-order valence-corrected chi connectivity index (χ1v) is 11.8.